The van der Waals surface area contributed by atoms with Crippen molar-refractivity contribution < 1.29 is 18.9 Å². The lowest BCUT2D eigenvalue weighted by atomic mass is 9.98. The summed E-state index contributed by atoms with van der Waals surface area (Å²) in [6.45, 7) is 3.69. The van der Waals surface area contributed by atoms with Crippen LogP contribution in [0.5, 0.6) is 0 Å². The highest BCUT2D eigenvalue weighted by Crippen LogP contribution is 2.32. The number of hydrogen-bond acceptors (Lipinski definition) is 6. The van der Waals surface area contributed by atoms with Crippen molar-refractivity contribution in [1.82, 2.24) is 0 Å². The predicted octanol–water partition coefficient (Wildman–Crippen LogP) is 6.08. The summed E-state index contributed by atoms with van der Waals surface area (Å²) in [5, 5.41) is 18.1. The van der Waals surface area contributed by atoms with E-state index in [4.69, 9.17) is 4.42 Å². The van der Waals surface area contributed by atoms with Crippen LogP contribution in [-0.2, 0) is 0 Å². The molecule has 9 nitrogen and oxygen atoms in total. The fourth-order valence-electron chi connectivity index (χ4n) is 4.45. The van der Waals surface area contributed by atoms with Gasteiger partial charge in [0.2, 0.25) is 0 Å². The number of hydrogen-bond donors (Lipinski definition) is 2. The molecular weight excluding hydrogens is 472 g/mol. The number of fused-ring (bicyclic) bond motifs is 1. The van der Waals surface area contributed by atoms with E-state index in [0.717, 1.165) is 31.3 Å². The van der Waals surface area contributed by atoms with Gasteiger partial charge in [0.1, 0.15) is 11.3 Å². The van der Waals surface area contributed by atoms with Crippen LogP contribution in [0.2, 0.25) is 0 Å². The Balaban J connectivity index is 1.25. The SMILES string of the molecule is CC1CCN(c2ccc(C(=O)Nc3ccc(NC(=O)c4cc5ccccc5o4)cc3)cc2[N+](=O)[O-])CC1. The Labute approximate surface area is 213 Å². The Morgan fingerprint density at radius 1 is 0.919 bits per heavy atom. The van der Waals surface area contributed by atoms with E-state index >= 15 is 0 Å². The molecule has 0 atom stereocenters. The fourth-order valence-corrected chi connectivity index (χ4v) is 4.45. The van der Waals surface area contributed by atoms with Gasteiger partial charge >= 0.3 is 0 Å². The number of furan rings is 1. The summed E-state index contributed by atoms with van der Waals surface area (Å²) >= 11 is 0. The molecule has 1 aromatic heterocycles. The molecule has 2 heterocycles. The van der Waals surface area contributed by atoms with Gasteiger partial charge in [-0.05, 0) is 67.3 Å². The lowest BCUT2D eigenvalue weighted by Crippen LogP contribution is -2.33. The minimum absolute atomic E-state index is 0.0779. The van der Waals surface area contributed by atoms with Crippen LogP contribution >= 0.6 is 0 Å². The van der Waals surface area contributed by atoms with Crippen molar-refractivity contribution >= 4 is 45.5 Å². The molecule has 37 heavy (non-hydrogen) atoms. The quantitative estimate of drug-likeness (QED) is 0.246. The Kier molecular flexibility index (Phi) is 6.59. The van der Waals surface area contributed by atoms with Crippen molar-refractivity contribution in [1.29, 1.82) is 0 Å². The lowest BCUT2D eigenvalue weighted by molar-refractivity contribution is -0.384. The number of rotatable bonds is 6. The lowest BCUT2D eigenvalue weighted by Gasteiger charge is -2.31. The molecule has 0 saturated carbocycles. The van der Waals surface area contributed by atoms with E-state index in [1.165, 1.54) is 6.07 Å². The summed E-state index contributed by atoms with van der Waals surface area (Å²) in [7, 11) is 0. The third kappa shape index (κ3) is 5.30. The molecule has 1 saturated heterocycles. The Morgan fingerprint density at radius 2 is 1.57 bits per heavy atom. The van der Waals surface area contributed by atoms with Crippen LogP contribution in [0.15, 0.2) is 77.2 Å². The minimum atomic E-state index is -0.457. The van der Waals surface area contributed by atoms with Gasteiger partial charge in [0.25, 0.3) is 17.5 Å². The molecule has 188 valence electrons. The number of piperidine rings is 1. The number of nitrogens with zero attached hydrogens (tertiary/aromatic N) is 2. The molecule has 2 amide bonds. The van der Waals surface area contributed by atoms with Gasteiger partial charge in [-0.1, -0.05) is 25.1 Å². The fraction of sp³-hybridized carbons (Fsp3) is 0.214. The van der Waals surface area contributed by atoms with E-state index in [9.17, 15) is 19.7 Å². The number of carbonyl (C=O) groups is 2. The van der Waals surface area contributed by atoms with E-state index < -0.39 is 10.8 Å². The standard InChI is InChI=1S/C28H26N4O5/c1-18-12-14-31(15-13-18)23-11-6-20(16-24(23)32(35)36)27(33)29-21-7-9-22(10-8-21)30-28(34)26-17-19-4-2-3-5-25(19)37-26/h2-11,16-18H,12-15H2,1H3,(H,29,33)(H,30,34). The van der Waals surface area contributed by atoms with Crippen molar-refractivity contribution in [2.24, 2.45) is 5.92 Å². The molecular formula is C28H26N4O5. The van der Waals surface area contributed by atoms with Crippen LogP contribution in [0.1, 0.15) is 40.7 Å². The van der Waals surface area contributed by atoms with E-state index in [-0.39, 0.29) is 22.9 Å². The number of amides is 2. The van der Waals surface area contributed by atoms with E-state index in [2.05, 4.69) is 17.6 Å². The zero-order chi connectivity index (χ0) is 25.9. The topological polar surface area (TPSA) is 118 Å². The molecule has 0 spiro atoms. The van der Waals surface area contributed by atoms with Gasteiger partial charge in [0, 0.05) is 41.5 Å². The zero-order valence-electron chi connectivity index (χ0n) is 20.3. The Bertz CT molecular complexity index is 1440. The summed E-state index contributed by atoms with van der Waals surface area (Å²) in [5.41, 5.74) is 2.30. The summed E-state index contributed by atoms with van der Waals surface area (Å²) in [4.78, 5) is 38.7. The molecule has 9 heteroatoms. The Morgan fingerprint density at radius 3 is 2.22 bits per heavy atom. The largest absolute Gasteiger partial charge is 0.451 e. The van der Waals surface area contributed by atoms with Gasteiger partial charge in [-0.15, -0.1) is 0 Å². The maximum Gasteiger partial charge on any atom is 0.293 e. The molecule has 1 aliphatic rings. The highest BCUT2D eigenvalue weighted by molar-refractivity contribution is 6.06. The van der Waals surface area contributed by atoms with Crippen molar-refractivity contribution in [2.45, 2.75) is 19.8 Å². The Hall–Kier alpha value is -4.66. The van der Waals surface area contributed by atoms with Gasteiger partial charge in [-0.3, -0.25) is 19.7 Å². The second kappa shape index (κ2) is 10.1. The van der Waals surface area contributed by atoms with Gasteiger partial charge < -0.3 is 20.0 Å². The molecule has 4 aromatic rings. The molecule has 5 rings (SSSR count). The third-order valence-electron chi connectivity index (χ3n) is 6.61. The van der Waals surface area contributed by atoms with Crippen LogP contribution in [-0.4, -0.2) is 29.8 Å². The maximum atomic E-state index is 12.8. The predicted molar refractivity (Wildman–Crippen MR) is 142 cm³/mol. The van der Waals surface area contributed by atoms with Crippen LogP contribution in [0, 0.1) is 16.0 Å². The summed E-state index contributed by atoms with van der Waals surface area (Å²) in [6, 6.07) is 20.2. The summed E-state index contributed by atoms with van der Waals surface area (Å²) in [5.74, 6) is -0.0439. The minimum Gasteiger partial charge on any atom is -0.451 e. The summed E-state index contributed by atoms with van der Waals surface area (Å²) in [6.07, 6.45) is 1.96. The molecule has 0 bridgehead atoms. The van der Waals surface area contributed by atoms with Crippen LogP contribution in [0.3, 0.4) is 0 Å². The first kappa shape index (κ1) is 24.1. The molecule has 0 unspecified atom stereocenters. The number of anilines is 3. The number of nitro groups is 1. The number of carbonyl (C=O) groups excluding carboxylic acids is 2. The number of nitro benzene ring substituents is 1. The third-order valence-corrected chi connectivity index (χ3v) is 6.61. The second-order valence-corrected chi connectivity index (χ2v) is 9.26. The average Bonchev–Trinajstić information content (AvgIpc) is 3.35. The first-order valence-electron chi connectivity index (χ1n) is 12.1. The van der Waals surface area contributed by atoms with Crippen molar-refractivity contribution in [3.8, 4) is 0 Å². The maximum absolute atomic E-state index is 12.8. The van der Waals surface area contributed by atoms with E-state index in [0.29, 0.717) is 28.6 Å². The van der Waals surface area contributed by atoms with Crippen molar-refractivity contribution in [3.63, 3.8) is 0 Å². The molecule has 2 N–H and O–H groups in total. The number of benzene rings is 3. The molecule has 0 aliphatic carbocycles. The second-order valence-electron chi connectivity index (χ2n) is 9.26. The van der Waals surface area contributed by atoms with Crippen LogP contribution in [0.25, 0.3) is 11.0 Å². The van der Waals surface area contributed by atoms with Crippen molar-refractivity contribution in [2.75, 3.05) is 28.6 Å². The average molecular weight is 499 g/mol. The molecule has 1 fully saturated rings. The van der Waals surface area contributed by atoms with Gasteiger partial charge in [-0.2, -0.15) is 0 Å². The monoisotopic (exact) mass is 498 g/mol. The zero-order valence-corrected chi connectivity index (χ0v) is 20.3. The first-order valence-corrected chi connectivity index (χ1v) is 12.1. The van der Waals surface area contributed by atoms with Gasteiger partial charge in [-0.25, -0.2) is 0 Å². The van der Waals surface area contributed by atoms with Crippen LogP contribution < -0.4 is 15.5 Å². The molecule has 0 radical (unpaired) electrons. The van der Waals surface area contributed by atoms with Gasteiger partial charge in [0.15, 0.2) is 5.76 Å². The molecule has 3 aromatic carbocycles. The van der Waals surface area contributed by atoms with E-state index in [1.807, 2.05) is 23.1 Å². The molecule has 1 aliphatic heterocycles. The highest BCUT2D eigenvalue weighted by atomic mass is 16.6. The highest BCUT2D eigenvalue weighted by Gasteiger charge is 2.25. The number of nitrogens with one attached hydrogen (secondary N) is 2. The number of para-hydroxylation sites is 1. The van der Waals surface area contributed by atoms with Crippen molar-refractivity contribution in [3.05, 3.63) is 94.2 Å². The van der Waals surface area contributed by atoms with E-state index in [1.54, 1.807) is 48.5 Å². The van der Waals surface area contributed by atoms with Crippen LogP contribution in [0.4, 0.5) is 22.7 Å². The summed E-state index contributed by atoms with van der Waals surface area (Å²) < 4.78 is 5.59. The first-order chi connectivity index (χ1) is 17.9. The smallest absolute Gasteiger partial charge is 0.293 e. The normalized spacial score (nSPS) is 13.9. The van der Waals surface area contributed by atoms with Gasteiger partial charge in [0.05, 0.1) is 4.92 Å².